The molecule has 0 aromatic heterocycles. The van der Waals surface area contributed by atoms with Crippen LogP contribution in [0.4, 0.5) is 37.7 Å². The second kappa shape index (κ2) is 9.18. The first-order valence-corrected chi connectivity index (χ1v) is 10.4. The Balaban J connectivity index is 1.64. The molecule has 3 aromatic carbocycles. The molecule has 1 atom stereocenters. The van der Waals surface area contributed by atoms with Crippen molar-refractivity contribution in [2.75, 3.05) is 10.2 Å². The lowest BCUT2D eigenvalue weighted by Crippen LogP contribution is -2.30. The monoisotopic (exact) mass is 512 g/mol. The quantitative estimate of drug-likeness (QED) is 0.364. The molecular weight excluding hydrogens is 498 g/mol. The average molecular weight is 513 g/mol. The van der Waals surface area contributed by atoms with Crippen LogP contribution in [0.5, 0.6) is 5.75 Å². The Morgan fingerprint density at radius 2 is 1.54 bits per heavy atom. The van der Waals surface area contributed by atoms with Gasteiger partial charge in [-0.15, -0.1) is 13.2 Å². The summed E-state index contributed by atoms with van der Waals surface area (Å²) in [6.07, 6.45) is -7.82. The Kier molecular flexibility index (Phi) is 6.42. The lowest BCUT2D eigenvalue weighted by Gasteiger charge is -2.25. The number of ether oxygens (including phenoxy) is 1. The van der Waals surface area contributed by atoms with E-state index in [0.717, 1.165) is 24.3 Å². The van der Waals surface area contributed by atoms with Crippen molar-refractivity contribution < 1.29 is 35.9 Å². The summed E-state index contributed by atoms with van der Waals surface area (Å²) in [5.41, 5.74) is 0.351. The summed E-state index contributed by atoms with van der Waals surface area (Å²) >= 11 is 6.09. The summed E-state index contributed by atoms with van der Waals surface area (Å²) in [6.45, 7) is 0. The lowest BCUT2D eigenvalue weighted by atomic mass is 10.1. The van der Waals surface area contributed by atoms with Crippen molar-refractivity contribution in [3.05, 3.63) is 101 Å². The van der Waals surface area contributed by atoms with Crippen molar-refractivity contribution in [1.82, 2.24) is 0 Å². The van der Waals surface area contributed by atoms with Crippen LogP contribution in [0.25, 0.3) is 0 Å². The summed E-state index contributed by atoms with van der Waals surface area (Å²) in [5, 5.41) is 3.25. The number of hydrogen-bond acceptors (Lipinski definition) is 3. The first-order valence-electron chi connectivity index (χ1n) is 10.0. The van der Waals surface area contributed by atoms with E-state index in [4.69, 9.17) is 11.6 Å². The minimum Gasteiger partial charge on any atom is -0.406 e. The lowest BCUT2D eigenvalue weighted by molar-refractivity contribution is -0.274. The molecule has 11 heteroatoms. The van der Waals surface area contributed by atoms with Gasteiger partial charge in [-0.05, 0) is 72.3 Å². The van der Waals surface area contributed by atoms with E-state index in [1.54, 1.807) is 30.3 Å². The Morgan fingerprint density at radius 1 is 0.886 bits per heavy atom. The van der Waals surface area contributed by atoms with Crippen molar-refractivity contribution in [3.8, 4) is 5.75 Å². The molecule has 1 aliphatic heterocycles. The van der Waals surface area contributed by atoms with E-state index in [1.807, 2.05) is 0 Å². The molecule has 0 aliphatic carbocycles. The molecule has 0 bridgehead atoms. The number of rotatable bonds is 5. The van der Waals surface area contributed by atoms with E-state index >= 15 is 0 Å². The van der Waals surface area contributed by atoms with Crippen molar-refractivity contribution >= 4 is 28.9 Å². The maximum absolute atomic E-state index is 13.3. The predicted octanol–water partition coefficient (Wildman–Crippen LogP) is 7.34. The zero-order chi connectivity index (χ0) is 25.4. The molecule has 4 rings (SSSR count). The van der Waals surface area contributed by atoms with Gasteiger partial charge >= 0.3 is 12.5 Å². The number of amides is 1. The van der Waals surface area contributed by atoms with E-state index in [-0.39, 0.29) is 11.4 Å². The summed E-state index contributed by atoms with van der Waals surface area (Å²) in [4.78, 5) is 14.6. The standard InChI is InChI=1S/C24H15ClF6N2O2/c25-16-3-1-2-14(12-16)21-13-20(32-17-6-10-19(11-7-17)35-24(29,30)31)22(34)33(21)18-8-4-15(5-9-18)23(26,27)28/h1-13,21,32H. The number of anilines is 2. The van der Waals surface area contributed by atoms with E-state index in [9.17, 15) is 31.1 Å². The molecule has 3 aromatic rings. The second-order valence-electron chi connectivity index (χ2n) is 7.50. The van der Waals surface area contributed by atoms with Crippen LogP contribution in [-0.2, 0) is 11.0 Å². The number of carbonyl (C=O) groups is 1. The van der Waals surface area contributed by atoms with Gasteiger partial charge in [0, 0.05) is 16.4 Å². The third kappa shape index (κ3) is 5.71. The number of alkyl halides is 6. The molecule has 0 radical (unpaired) electrons. The maximum Gasteiger partial charge on any atom is 0.573 e. The highest BCUT2D eigenvalue weighted by atomic mass is 35.5. The number of nitrogens with one attached hydrogen (secondary N) is 1. The van der Waals surface area contributed by atoms with Gasteiger partial charge in [0.2, 0.25) is 0 Å². The van der Waals surface area contributed by atoms with E-state index in [0.29, 0.717) is 16.3 Å². The van der Waals surface area contributed by atoms with Gasteiger partial charge in [0.1, 0.15) is 11.4 Å². The van der Waals surface area contributed by atoms with Gasteiger partial charge in [0.15, 0.2) is 0 Å². The number of halogens is 7. The van der Waals surface area contributed by atoms with Crippen molar-refractivity contribution in [2.24, 2.45) is 0 Å². The normalized spacial score (nSPS) is 16.3. The second-order valence-corrected chi connectivity index (χ2v) is 7.93. The van der Waals surface area contributed by atoms with Crippen LogP contribution in [0.2, 0.25) is 5.02 Å². The van der Waals surface area contributed by atoms with Crippen molar-refractivity contribution in [2.45, 2.75) is 18.6 Å². The Morgan fingerprint density at radius 3 is 2.11 bits per heavy atom. The molecule has 1 heterocycles. The van der Waals surface area contributed by atoms with Gasteiger partial charge in [0.25, 0.3) is 5.91 Å². The van der Waals surface area contributed by atoms with Crippen LogP contribution in [0.1, 0.15) is 17.2 Å². The Labute approximate surface area is 200 Å². The molecular formula is C24H15ClF6N2O2. The number of benzene rings is 3. The van der Waals surface area contributed by atoms with Crippen molar-refractivity contribution in [3.63, 3.8) is 0 Å². The van der Waals surface area contributed by atoms with Gasteiger partial charge in [-0.1, -0.05) is 23.7 Å². The van der Waals surface area contributed by atoms with Crippen LogP contribution in [0, 0.1) is 0 Å². The molecule has 182 valence electrons. The summed E-state index contributed by atoms with van der Waals surface area (Å²) in [5.74, 6) is -0.983. The van der Waals surface area contributed by atoms with Crippen LogP contribution < -0.4 is 15.0 Å². The van der Waals surface area contributed by atoms with Crippen LogP contribution in [-0.4, -0.2) is 12.3 Å². The SMILES string of the molecule is O=C1C(Nc2ccc(OC(F)(F)F)cc2)=CC(c2cccc(Cl)c2)N1c1ccc(C(F)(F)F)cc1. The van der Waals surface area contributed by atoms with E-state index < -0.39 is 35.8 Å². The zero-order valence-electron chi connectivity index (χ0n) is 17.5. The average Bonchev–Trinajstić information content (AvgIpc) is 3.09. The van der Waals surface area contributed by atoms with Gasteiger partial charge in [-0.25, -0.2) is 0 Å². The molecule has 0 saturated heterocycles. The fourth-order valence-corrected chi connectivity index (χ4v) is 3.77. The van der Waals surface area contributed by atoms with Crippen LogP contribution in [0.15, 0.2) is 84.6 Å². The smallest absolute Gasteiger partial charge is 0.406 e. The van der Waals surface area contributed by atoms with E-state index in [2.05, 4.69) is 10.1 Å². The molecule has 0 spiro atoms. The molecule has 1 unspecified atom stereocenters. The topological polar surface area (TPSA) is 41.6 Å². The summed E-state index contributed by atoms with van der Waals surface area (Å²) in [6, 6.07) is 14.8. The fraction of sp³-hybridized carbons (Fsp3) is 0.125. The zero-order valence-corrected chi connectivity index (χ0v) is 18.2. The molecule has 1 amide bonds. The highest BCUT2D eigenvalue weighted by Crippen LogP contribution is 2.38. The number of nitrogens with zero attached hydrogens (tertiary/aromatic N) is 1. The van der Waals surface area contributed by atoms with Gasteiger partial charge in [0.05, 0.1) is 11.6 Å². The fourth-order valence-electron chi connectivity index (χ4n) is 3.58. The maximum atomic E-state index is 13.3. The van der Waals surface area contributed by atoms with Crippen LogP contribution >= 0.6 is 11.6 Å². The minimum atomic E-state index is -4.84. The third-order valence-corrected chi connectivity index (χ3v) is 5.32. The minimum absolute atomic E-state index is 0.0827. The first kappa shape index (κ1) is 24.5. The Bertz CT molecular complexity index is 1250. The van der Waals surface area contributed by atoms with Crippen LogP contribution in [0.3, 0.4) is 0 Å². The molecule has 0 saturated carbocycles. The predicted molar refractivity (Wildman–Crippen MR) is 118 cm³/mol. The van der Waals surface area contributed by atoms with Gasteiger partial charge < -0.3 is 10.1 Å². The highest BCUT2D eigenvalue weighted by Gasteiger charge is 2.36. The Hall–Kier alpha value is -3.66. The first-order chi connectivity index (χ1) is 16.4. The molecule has 1 aliphatic rings. The van der Waals surface area contributed by atoms with Crippen molar-refractivity contribution in [1.29, 1.82) is 0 Å². The highest BCUT2D eigenvalue weighted by molar-refractivity contribution is 6.30. The molecule has 35 heavy (non-hydrogen) atoms. The summed E-state index contributed by atoms with van der Waals surface area (Å²) in [7, 11) is 0. The number of hydrogen-bond donors (Lipinski definition) is 1. The van der Waals surface area contributed by atoms with Gasteiger partial charge in [-0.3, -0.25) is 9.69 Å². The molecule has 0 fully saturated rings. The van der Waals surface area contributed by atoms with E-state index in [1.165, 1.54) is 29.2 Å². The third-order valence-electron chi connectivity index (χ3n) is 5.08. The summed E-state index contributed by atoms with van der Waals surface area (Å²) < 4.78 is 80.0. The largest absolute Gasteiger partial charge is 0.573 e. The molecule has 1 N–H and O–H groups in total. The van der Waals surface area contributed by atoms with Gasteiger partial charge in [-0.2, -0.15) is 13.2 Å². The molecule has 4 nitrogen and oxygen atoms in total. The number of carbonyl (C=O) groups excluding carboxylic acids is 1.